The van der Waals surface area contributed by atoms with Gasteiger partial charge in [-0.2, -0.15) is 11.8 Å². The second kappa shape index (κ2) is 4.31. The fourth-order valence-corrected chi connectivity index (χ4v) is 2.60. The van der Waals surface area contributed by atoms with E-state index in [1.165, 1.54) is 6.92 Å². The monoisotopic (exact) mass is 178 g/mol. The van der Waals surface area contributed by atoms with Gasteiger partial charge in [0.05, 0.1) is 6.10 Å². The van der Waals surface area contributed by atoms with Gasteiger partial charge in [0.1, 0.15) is 6.17 Å². The Bertz CT molecular complexity index is 113. The minimum Gasteiger partial charge on any atom is -0.390 e. The van der Waals surface area contributed by atoms with Crippen LogP contribution in [0.2, 0.25) is 0 Å². The number of thioether (sulfide) groups is 1. The zero-order valence-corrected chi connectivity index (χ0v) is 7.61. The molecule has 1 fully saturated rings. The summed E-state index contributed by atoms with van der Waals surface area (Å²) in [5.74, 6) is 2.13. The molecule has 1 aliphatic heterocycles. The quantitative estimate of drug-likeness (QED) is 0.696. The Balaban J connectivity index is 2.32. The third kappa shape index (κ3) is 2.64. The van der Waals surface area contributed by atoms with Gasteiger partial charge in [-0.1, -0.05) is 0 Å². The highest BCUT2D eigenvalue weighted by molar-refractivity contribution is 7.99. The lowest BCUT2D eigenvalue weighted by Crippen LogP contribution is -2.30. The molecule has 3 heteroatoms. The highest BCUT2D eigenvalue weighted by Crippen LogP contribution is 2.28. The van der Waals surface area contributed by atoms with Gasteiger partial charge in [0.25, 0.3) is 0 Å². The van der Waals surface area contributed by atoms with Crippen molar-refractivity contribution in [3.63, 3.8) is 0 Å². The van der Waals surface area contributed by atoms with Gasteiger partial charge in [0, 0.05) is 5.92 Å². The van der Waals surface area contributed by atoms with Crippen LogP contribution in [0, 0.1) is 5.92 Å². The number of rotatable bonds is 2. The molecule has 0 bridgehead atoms. The first-order chi connectivity index (χ1) is 5.22. The SMILES string of the molecule is CC(O)C(F)C1CCCSC1. The summed E-state index contributed by atoms with van der Waals surface area (Å²) < 4.78 is 13.1. The molecule has 3 atom stereocenters. The summed E-state index contributed by atoms with van der Waals surface area (Å²) in [7, 11) is 0. The number of aliphatic hydroxyl groups is 1. The van der Waals surface area contributed by atoms with Crippen molar-refractivity contribution in [1.82, 2.24) is 0 Å². The molecular weight excluding hydrogens is 163 g/mol. The molecule has 3 unspecified atom stereocenters. The normalized spacial score (nSPS) is 31.4. The van der Waals surface area contributed by atoms with E-state index in [0.29, 0.717) is 0 Å². The van der Waals surface area contributed by atoms with Gasteiger partial charge in [-0.3, -0.25) is 0 Å². The molecule has 66 valence electrons. The molecule has 0 spiro atoms. The fraction of sp³-hybridized carbons (Fsp3) is 1.00. The van der Waals surface area contributed by atoms with Crippen LogP contribution in [0.5, 0.6) is 0 Å². The number of halogens is 1. The first-order valence-corrected chi connectivity index (χ1v) is 5.27. The lowest BCUT2D eigenvalue weighted by atomic mass is 9.97. The van der Waals surface area contributed by atoms with Crippen molar-refractivity contribution in [2.45, 2.75) is 32.0 Å². The predicted octanol–water partition coefficient (Wildman–Crippen LogP) is 1.85. The minimum absolute atomic E-state index is 0.0914. The molecule has 1 N–H and O–H groups in total. The van der Waals surface area contributed by atoms with Gasteiger partial charge in [0.2, 0.25) is 0 Å². The van der Waals surface area contributed by atoms with Crippen molar-refractivity contribution in [2.24, 2.45) is 5.92 Å². The largest absolute Gasteiger partial charge is 0.390 e. The molecule has 11 heavy (non-hydrogen) atoms. The van der Waals surface area contributed by atoms with Crippen LogP contribution < -0.4 is 0 Å². The lowest BCUT2D eigenvalue weighted by molar-refractivity contribution is 0.0577. The smallest absolute Gasteiger partial charge is 0.129 e. The van der Waals surface area contributed by atoms with E-state index in [1.54, 1.807) is 11.8 Å². The molecule has 0 saturated carbocycles. The van der Waals surface area contributed by atoms with Gasteiger partial charge in [-0.25, -0.2) is 4.39 Å². The average Bonchev–Trinajstić information content (AvgIpc) is 2.05. The van der Waals surface area contributed by atoms with Crippen molar-refractivity contribution in [3.05, 3.63) is 0 Å². The molecule has 1 rings (SSSR count). The highest BCUT2D eigenvalue weighted by Gasteiger charge is 2.26. The molecule has 1 heterocycles. The van der Waals surface area contributed by atoms with Crippen LogP contribution in [0.3, 0.4) is 0 Å². The van der Waals surface area contributed by atoms with Crippen LogP contribution in [-0.4, -0.2) is 28.9 Å². The van der Waals surface area contributed by atoms with E-state index in [4.69, 9.17) is 5.11 Å². The third-order valence-electron chi connectivity index (χ3n) is 2.11. The molecule has 0 aliphatic carbocycles. The van der Waals surface area contributed by atoms with Gasteiger partial charge in [-0.05, 0) is 31.3 Å². The van der Waals surface area contributed by atoms with Crippen molar-refractivity contribution in [2.75, 3.05) is 11.5 Å². The van der Waals surface area contributed by atoms with Gasteiger partial charge in [-0.15, -0.1) is 0 Å². The van der Waals surface area contributed by atoms with E-state index in [1.807, 2.05) is 0 Å². The lowest BCUT2D eigenvalue weighted by Gasteiger charge is -2.26. The fourth-order valence-electron chi connectivity index (χ4n) is 1.41. The summed E-state index contributed by atoms with van der Waals surface area (Å²) >= 11 is 1.80. The van der Waals surface area contributed by atoms with E-state index in [9.17, 15) is 4.39 Å². The molecule has 0 radical (unpaired) electrons. The average molecular weight is 178 g/mol. The summed E-state index contributed by atoms with van der Waals surface area (Å²) in [5, 5.41) is 8.99. The molecule has 0 amide bonds. The van der Waals surface area contributed by atoms with Gasteiger partial charge < -0.3 is 5.11 Å². The number of aliphatic hydroxyl groups excluding tert-OH is 1. The van der Waals surface area contributed by atoms with Gasteiger partial charge in [0.15, 0.2) is 0 Å². The maximum absolute atomic E-state index is 13.1. The van der Waals surface area contributed by atoms with Crippen LogP contribution >= 0.6 is 11.8 Å². The molecule has 1 saturated heterocycles. The van der Waals surface area contributed by atoms with E-state index in [0.717, 1.165) is 24.3 Å². The van der Waals surface area contributed by atoms with Crippen molar-refractivity contribution < 1.29 is 9.50 Å². The Morgan fingerprint density at radius 2 is 2.36 bits per heavy atom. The topological polar surface area (TPSA) is 20.2 Å². The van der Waals surface area contributed by atoms with Crippen LogP contribution in [0.25, 0.3) is 0 Å². The standard InChI is InChI=1S/C8H15FOS/c1-6(10)8(9)7-3-2-4-11-5-7/h6-8,10H,2-5H2,1H3. The minimum atomic E-state index is -1.01. The molecule has 0 aromatic heterocycles. The van der Waals surface area contributed by atoms with Crippen molar-refractivity contribution in [3.8, 4) is 0 Å². The first kappa shape index (κ1) is 9.33. The van der Waals surface area contributed by atoms with Crippen LogP contribution in [0.1, 0.15) is 19.8 Å². The summed E-state index contributed by atoms with van der Waals surface area (Å²) in [6.45, 7) is 1.53. The predicted molar refractivity (Wildman–Crippen MR) is 46.6 cm³/mol. The Labute approximate surface area is 71.4 Å². The maximum atomic E-state index is 13.1. The third-order valence-corrected chi connectivity index (χ3v) is 3.35. The Kier molecular flexibility index (Phi) is 3.66. The molecule has 0 aromatic carbocycles. The Hall–Kier alpha value is 0.240. The zero-order valence-electron chi connectivity index (χ0n) is 6.79. The summed E-state index contributed by atoms with van der Waals surface area (Å²) in [6.07, 6.45) is 0.239. The highest BCUT2D eigenvalue weighted by atomic mass is 32.2. The Morgan fingerprint density at radius 3 is 2.82 bits per heavy atom. The van der Waals surface area contributed by atoms with Gasteiger partial charge >= 0.3 is 0 Å². The molecular formula is C8H15FOS. The van der Waals surface area contributed by atoms with E-state index < -0.39 is 12.3 Å². The Morgan fingerprint density at radius 1 is 1.64 bits per heavy atom. The number of hydrogen-bond acceptors (Lipinski definition) is 2. The number of hydrogen-bond donors (Lipinski definition) is 1. The maximum Gasteiger partial charge on any atom is 0.129 e. The van der Waals surface area contributed by atoms with Crippen LogP contribution in [0.4, 0.5) is 4.39 Å². The summed E-state index contributed by atoms with van der Waals surface area (Å²) in [4.78, 5) is 0. The zero-order chi connectivity index (χ0) is 8.27. The van der Waals surface area contributed by atoms with Crippen molar-refractivity contribution >= 4 is 11.8 Å². The van der Waals surface area contributed by atoms with E-state index >= 15 is 0 Å². The molecule has 0 aromatic rings. The summed E-state index contributed by atoms with van der Waals surface area (Å²) in [5.41, 5.74) is 0. The van der Waals surface area contributed by atoms with Crippen molar-refractivity contribution in [1.29, 1.82) is 0 Å². The molecule has 1 nitrogen and oxygen atoms in total. The van der Waals surface area contributed by atoms with Crippen LogP contribution in [0.15, 0.2) is 0 Å². The first-order valence-electron chi connectivity index (χ1n) is 4.11. The summed E-state index contributed by atoms with van der Waals surface area (Å²) in [6, 6.07) is 0. The van der Waals surface area contributed by atoms with Crippen LogP contribution in [-0.2, 0) is 0 Å². The van der Waals surface area contributed by atoms with E-state index in [2.05, 4.69) is 0 Å². The van der Waals surface area contributed by atoms with E-state index in [-0.39, 0.29) is 5.92 Å². The molecule has 1 aliphatic rings. The second-order valence-electron chi connectivity index (χ2n) is 3.16. The number of alkyl halides is 1. The second-order valence-corrected chi connectivity index (χ2v) is 4.31.